The second-order valence-corrected chi connectivity index (χ2v) is 9.59. The van der Waals surface area contributed by atoms with Crippen molar-refractivity contribution in [2.45, 2.75) is 12.3 Å². The molecular weight excluding hydrogens is 560 g/mol. The third-order valence-corrected chi connectivity index (χ3v) is 6.77. The molecule has 0 heterocycles. The first-order valence-corrected chi connectivity index (χ1v) is 13.9. The molecule has 13 heteroatoms. The van der Waals surface area contributed by atoms with E-state index in [9.17, 15) is 25.0 Å². The Labute approximate surface area is 248 Å². The van der Waals surface area contributed by atoms with Crippen molar-refractivity contribution in [2.75, 3.05) is 64.7 Å². The summed E-state index contributed by atoms with van der Waals surface area (Å²) in [5.74, 6) is 0.0231. The number of rotatable bonds is 18. The molecule has 0 bridgehead atoms. The first-order valence-electron chi connectivity index (χ1n) is 13.9. The molecule has 2 N–H and O–H groups in total. The number of amides is 1. The SMILES string of the molecule is O=C(NCCCOCCOCCOCCNc1ccc([N+](=O)[O-])cc1[N+](=O)[O-])OCC1c2ccccc2-c2ccccc21. The van der Waals surface area contributed by atoms with Crippen molar-refractivity contribution in [1.29, 1.82) is 0 Å². The molecular formula is C30H34N4O9. The third-order valence-electron chi connectivity index (χ3n) is 6.77. The Hall–Kier alpha value is -4.59. The summed E-state index contributed by atoms with van der Waals surface area (Å²) in [6.45, 7) is 3.18. The highest BCUT2D eigenvalue weighted by molar-refractivity contribution is 5.79. The van der Waals surface area contributed by atoms with Gasteiger partial charge in [0, 0.05) is 31.7 Å². The van der Waals surface area contributed by atoms with E-state index in [2.05, 4.69) is 34.9 Å². The van der Waals surface area contributed by atoms with Crippen molar-refractivity contribution in [3.8, 4) is 11.1 Å². The lowest BCUT2D eigenvalue weighted by atomic mass is 9.98. The van der Waals surface area contributed by atoms with Crippen LogP contribution in [0.3, 0.4) is 0 Å². The maximum Gasteiger partial charge on any atom is 0.407 e. The molecule has 3 aromatic carbocycles. The van der Waals surface area contributed by atoms with Gasteiger partial charge >= 0.3 is 6.09 Å². The summed E-state index contributed by atoms with van der Waals surface area (Å²) in [5, 5.41) is 27.6. The Morgan fingerprint density at radius 3 is 1.98 bits per heavy atom. The number of nitro benzene ring substituents is 2. The lowest BCUT2D eigenvalue weighted by Gasteiger charge is -2.14. The molecule has 0 saturated carbocycles. The van der Waals surface area contributed by atoms with Crippen LogP contribution in [-0.2, 0) is 18.9 Å². The summed E-state index contributed by atoms with van der Waals surface area (Å²) in [7, 11) is 0. The summed E-state index contributed by atoms with van der Waals surface area (Å²) < 4.78 is 21.9. The van der Waals surface area contributed by atoms with Crippen LogP contribution >= 0.6 is 0 Å². The zero-order valence-corrected chi connectivity index (χ0v) is 23.6. The molecule has 0 aromatic heterocycles. The van der Waals surface area contributed by atoms with Gasteiger partial charge in [0.2, 0.25) is 0 Å². The minimum atomic E-state index is -0.683. The van der Waals surface area contributed by atoms with Crippen LogP contribution in [0, 0.1) is 20.2 Å². The summed E-state index contributed by atoms with van der Waals surface area (Å²) in [4.78, 5) is 32.8. The lowest BCUT2D eigenvalue weighted by Crippen LogP contribution is -2.27. The van der Waals surface area contributed by atoms with E-state index in [4.69, 9.17) is 18.9 Å². The van der Waals surface area contributed by atoms with E-state index in [1.807, 2.05) is 24.3 Å². The number of fused-ring (bicyclic) bond motifs is 3. The minimum absolute atomic E-state index is 0.0231. The predicted molar refractivity (Wildman–Crippen MR) is 158 cm³/mol. The van der Waals surface area contributed by atoms with Crippen LogP contribution in [-0.4, -0.2) is 75.3 Å². The molecule has 0 unspecified atom stereocenters. The average Bonchev–Trinajstić information content (AvgIpc) is 3.33. The molecule has 1 amide bonds. The molecule has 0 spiro atoms. The van der Waals surface area contributed by atoms with Crippen molar-refractivity contribution in [3.05, 3.63) is 98.1 Å². The normalized spacial score (nSPS) is 11.9. The Morgan fingerprint density at radius 2 is 1.35 bits per heavy atom. The summed E-state index contributed by atoms with van der Waals surface area (Å²) in [5.41, 5.74) is 4.17. The van der Waals surface area contributed by atoms with E-state index < -0.39 is 15.9 Å². The number of anilines is 1. The van der Waals surface area contributed by atoms with Gasteiger partial charge in [0.25, 0.3) is 11.4 Å². The first kappa shape index (κ1) is 31.3. The number of carbonyl (C=O) groups is 1. The number of carbonyl (C=O) groups excluding carboxylic acids is 1. The van der Waals surface area contributed by atoms with Crippen LogP contribution in [0.25, 0.3) is 11.1 Å². The van der Waals surface area contributed by atoms with E-state index in [-0.39, 0.29) is 42.7 Å². The first-order chi connectivity index (χ1) is 21.0. The van der Waals surface area contributed by atoms with Gasteiger partial charge in [0.1, 0.15) is 12.3 Å². The number of nitrogens with one attached hydrogen (secondary N) is 2. The smallest absolute Gasteiger partial charge is 0.407 e. The summed E-state index contributed by atoms with van der Waals surface area (Å²) in [6.07, 6.45) is 0.180. The number of ether oxygens (including phenoxy) is 4. The van der Waals surface area contributed by atoms with Crippen LogP contribution < -0.4 is 10.6 Å². The number of benzene rings is 3. The van der Waals surface area contributed by atoms with E-state index >= 15 is 0 Å². The molecule has 1 aliphatic rings. The molecule has 13 nitrogen and oxygen atoms in total. The van der Waals surface area contributed by atoms with Crippen molar-refractivity contribution in [2.24, 2.45) is 0 Å². The topological polar surface area (TPSA) is 164 Å². The molecule has 3 aromatic rings. The highest BCUT2D eigenvalue weighted by Gasteiger charge is 2.29. The number of hydrogen-bond donors (Lipinski definition) is 2. The zero-order valence-electron chi connectivity index (χ0n) is 23.6. The van der Waals surface area contributed by atoms with Gasteiger partial charge in [-0.05, 0) is 34.7 Å². The summed E-state index contributed by atoms with van der Waals surface area (Å²) >= 11 is 0. The van der Waals surface area contributed by atoms with Crippen LogP contribution in [0.1, 0.15) is 23.5 Å². The maximum atomic E-state index is 12.2. The number of hydrogen-bond acceptors (Lipinski definition) is 10. The Kier molecular flexibility index (Phi) is 11.8. The largest absolute Gasteiger partial charge is 0.449 e. The average molecular weight is 595 g/mol. The number of alkyl carbamates (subject to hydrolysis) is 1. The van der Waals surface area contributed by atoms with E-state index in [1.165, 1.54) is 34.4 Å². The van der Waals surface area contributed by atoms with Gasteiger partial charge in [-0.2, -0.15) is 0 Å². The molecule has 0 fully saturated rings. The van der Waals surface area contributed by atoms with Gasteiger partial charge < -0.3 is 29.6 Å². The molecule has 228 valence electrons. The second kappa shape index (κ2) is 16.2. The Morgan fingerprint density at radius 1 is 0.744 bits per heavy atom. The maximum absolute atomic E-state index is 12.2. The number of nitro groups is 2. The lowest BCUT2D eigenvalue weighted by molar-refractivity contribution is -0.393. The third kappa shape index (κ3) is 8.95. The predicted octanol–water partition coefficient (Wildman–Crippen LogP) is 4.89. The van der Waals surface area contributed by atoms with Gasteiger partial charge in [-0.15, -0.1) is 0 Å². The molecule has 0 saturated heterocycles. The molecule has 4 rings (SSSR count). The monoisotopic (exact) mass is 594 g/mol. The van der Waals surface area contributed by atoms with Crippen molar-refractivity contribution in [3.63, 3.8) is 0 Å². The van der Waals surface area contributed by atoms with E-state index in [0.717, 1.165) is 6.07 Å². The Bertz CT molecular complexity index is 1360. The molecule has 1 aliphatic carbocycles. The Balaban J connectivity index is 0.977. The van der Waals surface area contributed by atoms with Crippen molar-refractivity contribution >= 4 is 23.2 Å². The highest BCUT2D eigenvalue weighted by Crippen LogP contribution is 2.44. The van der Waals surface area contributed by atoms with Crippen LogP contribution in [0.5, 0.6) is 0 Å². The summed E-state index contributed by atoms with van der Waals surface area (Å²) in [6, 6.07) is 19.8. The van der Waals surface area contributed by atoms with E-state index in [0.29, 0.717) is 46.0 Å². The van der Waals surface area contributed by atoms with Crippen LogP contribution in [0.4, 0.5) is 21.9 Å². The fourth-order valence-corrected chi connectivity index (χ4v) is 4.75. The highest BCUT2D eigenvalue weighted by atomic mass is 16.6. The van der Waals surface area contributed by atoms with Gasteiger partial charge in [0.15, 0.2) is 0 Å². The van der Waals surface area contributed by atoms with E-state index in [1.54, 1.807) is 0 Å². The fraction of sp³-hybridized carbons (Fsp3) is 0.367. The fourth-order valence-electron chi connectivity index (χ4n) is 4.75. The number of non-ortho nitro benzene ring substituents is 1. The molecule has 43 heavy (non-hydrogen) atoms. The minimum Gasteiger partial charge on any atom is -0.449 e. The number of nitrogens with zero attached hydrogens (tertiary/aromatic N) is 2. The molecule has 0 radical (unpaired) electrons. The molecule has 0 atom stereocenters. The van der Waals surface area contributed by atoms with Crippen LogP contribution in [0.2, 0.25) is 0 Å². The standard InChI is InChI=1S/C30H34N4O9/c35-30(43-21-27-25-8-3-1-6-23(25)24-7-2-4-9-26(24)27)32-12-5-14-40-16-18-42-19-17-41-15-13-31-28-11-10-22(33(36)37)20-29(28)34(38)39/h1-4,6-11,20,27,31H,5,12-19,21H2,(H,32,35). The van der Waals surface area contributed by atoms with Crippen molar-refractivity contribution < 1.29 is 33.6 Å². The van der Waals surface area contributed by atoms with Gasteiger partial charge in [-0.1, -0.05) is 48.5 Å². The van der Waals surface area contributed by atoms with Crippen molar-refractivity contribution in [1.82, 2.24) is 5.32 Å². The van der Waals surface area contributed by atoms with Gasteiger partial charge in [-0.25, -0.2) is 4.79 Å². The zero-order chi connectivity index (χ0) is 30.4. The van der Waals surface area contributed by atoms with Gasteiger partial charge in [0.05, 0.1) is 48.9 Å². The molecule has 0 aliphatic heterocycles. The quantitative estimate of drug-likeness (QED) is 0.118. The van der Waals surface area contributed by atoms with Crippen LogP contribution in [0.15, 0.2) is 66.7 Å². The second-order valence-electron chi connectivity index (χ2n) is 9.59. The van der Waals surface area contributed by atoms with Gasteiger partial charge in [-0.3, -0.25) is 20.2 Å².